The number of benzene rings is 1. The van der Waals surface area contributed by atoms with Crippen molar-refractivity contribution in [1.82, 2.24) is 15.1 Å². The zero-order valence-electron chi connectivity index (χ0n) is 13.7. The van der Waals surface area contributed by atoms with Crippen LogP contribution >= 0.6 is 0 Å². The number of nitrogens with one attached hydrogen (secondary N) is 1. The van der Waals surface area contributed by atoms with E-state index in [2.05, 4.69) is 15.5 Å². The average Bonchev–Trinajstić information content (AvgIpc) is 3.06. The summed E-state index contributed by atoms with van der Waals surface area (Å²) in [6, 6.07) is 9.13. The van der Waals surface area contributed by atoms with Crippen LogP contribution in [0.25, 0.3) is 0 Å². The molecule has 130 valence electrons. The minimum atomic E-state index is -0.571. The second kappa shape index (κ2) is 6.46. The second-order valence-corrected chi connectivity index (χ2v) is 5.97. The Bertz CT molecular complexity index is 764. The molecule has 0 aliphatic carbocycles. The SMILES string of the molecule is CC(Oc1ccc2c(c1)OCO2)C(=O)N1CC(Nc2cccnn2)C1. The van der Waals surface area contributed by atoms with Gasteiger partial charge in [0.1, 0.15) is 11.6 Å². The number of hydrogen-bond acceptors (Lipinski definition) is 7. The van der Waals surface area contributed by atoms with Gasteiger partial charge in [-0.2, -0.15) is 5.10 Å². The first kappa shape index (κ1) is 15.5. The minimum absolute atomic E-state index is 0.0464. The molecule has 0 bridgehead atoms. The first-order valence-electron chi connectivity index (χ1n) is 8.08. The van der Waals surface area contributed by atoms with Gasteiger partial charge in [-0.25, -0.2) is 0 Å². The molecule has 2 aliphatic heterocycles. The number of fused-ring (bicyclic) bond motifs is 1. The normalized spacial score (nSPS) is 16.9. The Balaban J connectivity index is 1.28. The van der Waals surface area contributed by atoms with Crippen molar-refractivity contribution in [3.05, 3.63) is 36.5 Å². The largest absolute Gasteiger partial charge is 0.481 e. The van der Waals surface area contributed by atoms with Crippen LogP contribution in [-0.2, 0) is 4.79 Å². The number of carbonyl (C=O) groups excluding carboxylic acids is 1. The molecule has 3 heterocycles. The number of ether oxygens (including phenoxy) is 3. The summed E-state index contributed by atoms with van der Waals surface area (Å²) in [6.07, 6.45) is 1.05. The first-order chi connectivity index (χ1) is 12.2. The molecule has 4 rings (SSSR count). The Hall–Kier alpha value is -3.03. The number of likely N-dealkylation sites (tertiary alicyclic amines) is 1. The maximum Gasteiger partial charge on any atom is 0.263 e. The molecule has 2 aliphatic rings. The van der Waals surface area contributed by atoms with Gasteiger partial charge in [0.05, 0.1) is 6.04 Å². The molecule has 0 radical (unpaired) electrons. The molecular weight excluding hydrogens is 324 g/mol. The summed E-state index contributed by atoms with van der Waals surface area (Å²) in [6.45, 7) is 3.19. The summed E-state index contributed by atoms with van der Waals surface area (Å²) in [5, 5.41) is 11.0. The quantitative estimate of drug-likeness (QED) is 0.876. The smallest absolute Gasteiger partial charge is 0.263 e. The van der Waals surface area contributed by atoms with Crippen LogP contribution in [0.3, 0.4) is 0 Å². The highest BCUT2D eigenvalue weighted by molar-refractivity contribution is 5.82. The molecule has 1 amide bonds. The van der Waals surface area contributed by atoms with Crippen LogP contribution in [-0.4, -0.2) is 53.0 Å². The second-order valence-electron chi connectivity index (χ2n) is 5.97. The lowest BCUT2D eigenvalue weighted by Crippen LogP contribution is -2.59. The van der Waals surface area contributed by atoms with Gasteiger partial charge in [-0.3, -0.25) is 4.79 Å². The fraction of sp³-hybridized carbons (Fsp3) is 0.353. The molecule has 2 aromatic rings. The summed E-state index contributed by atoms with van der Waals surface area (Å²) < 4.78 is 16.3. The summed E-state index contributed by atoms with van der Waals surface area (Å²) in [7, 11) is 0. The van der Waals surface area contributed by atoms with Crippen LogP contribution in [0.1, 0.15) is 6.92 Å². The van der Waals surface area contributed by atoms with Crippen molar-refractivity contribution in [2.24, 2.45) is 0 Å². The Morgan fingerprint density at radius 3 is 2.96 bits per heavy atom. The summed E-state index contributed by atoms with van der Waals surface area (Å²) in [4.78, 5) is 14.2. The summed E-state index contributed by atoms with van der Waals surface area (Å²) in [5.74, 6) is 2.57. The zero-order chi connectivity index (χ0) is 17.2. The van der Waals surface area contributed by atoms with E-state index in [9.17, 15) is 4.79 Å². The van der Waals surface area contributed by atoms with Gasteiger partial charge in [-0.15, -0.1) is 5.10 Å². The number of hydrogen-bond donors (Lipinski definition) is 1. The van der Waals surface area contributed by atoms with Crippen molar-refractivity contribution in [2.45, 2.75) is 19.1 Å². The third-order valence-corrected chi connectivity index (χ3v) is 4.12. The van der Waals surface area contributed by atoms with E-state index in [1.165, 1.54) is 0 Å². The lowest BCUT2D eigenvalue weighted by molar-refractivity contribution is -0.142. The minimum Gasteiger partial charge on any atom is -0.481 e. The number of nitrogens with zero attached hydrogens (tertiary/aromatic N) is 3. The summed E-state index contributed by atoms with van der Waals surface area (Å²) >= 11 is 0. The lowest BCUT2D eigenvalue weighted by atomic mass is 10.1. The van der Waals surface area contributed by atoms with Gasteiger partial charge in [0.25, 0.3) is 5.91 Å². The molecule has 1 unspecified atom stereocenters. The predicted octanol–water partition coefficient (Wildman–Crippen LogP) is 1.30. The van der Waals surface area contributed by atoms with Crippen LogP contribution in [0.15, 0.2) is 36.5 Å². The third-order valence-electron chi connectivity index (χ3n) is 4.12. The standard InChI is InChI=1S/C17H18N4O4/c1-11(25-13-4-5-14-15(7-13)24-10-23-14)17(22)21-8-12(9-21)19-16-3-2-6-18-20-16/h2-7,11-12H,8-10H2,1H3,(H,19,20). The monoisotopic (exact) mass is 342 g/mol. The molecule has 8 nitrogen and oxygen atoms in total. The van der Waals surface area contributed by atoms with Crippen molar-refractivity contribution in [2.75, 3.05) is 25.2 Å². The maximum atomic E-state index is 12.5. The molecule has 25 heavy (non-hydrogen) atoms. The van der Waals surface area contributed by atoms with E-state index in [0.29, 0.717) is 36.2 Å². The van der Waals surface area contributed by atoms with Gasteiger partial charge in [0, 0.05) is 25.4 Å². The van der Waals surface area contributed by atoms with Crippen LogP contribution in [0.2, 0.25) is 0 Å². The molecule has 1 saturated heterocycles. The van der Waals surface area contributed by atoms with Crippen molar-refractivity contribution in [1.29, 1.82) is 0 Å². The Morgan fingerprint density at radius 1 is 1.32 bits per heavy atom. The van der Waals surface area contributed by atoms with E-state index in [4.69, 9.17) is 14.2 Å². The number of aromatic nitrogens is 2. The van der Waals surface area contributed by atoms with Gasteiger partial charge < -0.3 is 24.4 Å². The molecule has 8 heteroatoms. The highest BCUT2D eigenvalue weighted by Gasteiger charge is 2.34. The number of rotatable bonds is 5. The van der Waals surface area contributed by atoms with Crippen molar-refractivity contribution < 1.29 is 19.0 Å². The Morgan fingerprint density at radius 2 is 2.16 bits per heavy atom. The highest BCUT2D eigenvalue weighted by atomic mass is 16.7. The molecule has 0 saturated carbocycles. The maximum absolute atomic E-state index is 12.5. The van der Waals surface area contributed by atoms with Crippen LogP contribution < -0.4 is 19.5 Å². The molecule has 1 fully saturated rings. The first-order valence-corrected chi connectivity index (χ1v) is 8.08. The molecule has 1 aromatic heterocycles. The number of amides is 1. The van der Waals surface area contributed by atoms with E-state index >= 15 is 0 Å². The van der Waals surface area contributed by atoms with E-state index in [1.807, 2.05) is 12.1 Å². The third kappa shape index (κ3) is 3.28. The van der Waals surface area contributed by atoms with Crippen LogP contribution in [0.5, 0.6) is 17.2 Å². The summed E-state index contributed by atoms with van der Waals surface area (Å²) in [5.41, 5.74) is 0. The molecule has 1 aromatic carbocycles. The van der Waals surface area contributed by atoms with Gasteiger partial charge in [0.15, 0.2) is 17.6 Å². The van der Waals surface area contributed by atoms with E-state index in [1.54, 1.807) is 36.2 Å². The predicted molar refractivity (Wildman–Crippen MR) is 88.7 cm³/mol. The fourth-order valence-electron chi connectivity index (χ4n) is 2.80. The van der Waals surface area contributed by atoms with Gasteiger partial charge >= 0.3 is 0 Å². The molecule has 1 N–H and O–H groups in total. The fourth-order valence-corrected chi connectivity index (χ4v) is 2.80. The average molecular weight is 342 g/mol. The topological polar surface area (TPSA) is 85.8 Å². The number of carbonyl (C=O) groups is 1. The zero-order valence-corrected chi connectivity index (χ0v) is 13.7. The van der Waals surface area contributed by atoms with E-state index in [0.717, 1.165) is 0 Å². The van der Waals surface area contributed by atoms with Crippen molar-refractivity contribution >= 4 is 11.7 Å². The van der Waals surface area contributed by atoms with Gasteiger partial charge in [-0.1, -0.05) is 0 Å². The number of anilines is 1. The van der Waals surface area contributed by atoms with Crippen LogP contribution in [0.4, 0.5) is 5.82 Å². The molecular formula is C17H18N4O4. The van der Waals surface area contributed by atoms with Gasteiger partial charge in [-0.05, 0) is 31.2 Å². The van der Waals surface area contributed by atoms with Crippen LogP contribution in [0, 0.1) is 0 Å². The Labute approximate surface area is 144 Å². The lowest BCUT2D eigenvalue weighted by Gasteiger charge is -2.40. The Kier molecular flexibility index (Phi) is 4.01. The van der Waals surface area contributed by atoms with E-state index < -0.39 is 6.10 Å². The van der Waals surface area contributed by atoms with Crippen molar-refractivity contribution in [3.8, 4) is 17.2 Å². The van der Waals surface area contributed by atoms with E-state index in [-0.39, 0.29) is 18.7 Å². The molecule has 0 spiro atoms. The van der Waals surface area contributed by atoms with Crippen molar-refractivity contribution in [3.63, 3.8) is 0 Å². The van der Waals surface area contributed by atoms with Gasteiger partial charge in [0.2, 0.25) is 6.79 Å². The molecule has 1 atom stereocenters. The highest BCUT2D eigenvalue weighted by Crippen LogP contribution is 2.35.